The van der Waals surface area contributed by atoms with Gasteiger partial charge in [-0.1, -0.05) is 0 Å². The summed E-state index contributed by atoms with van der Waals surface area (Å²) < 4.78 is 5.09. The summed E-state index contributed by atoms with van der Waals surface area (Å²) in [6.45, 7) is 5.96. The van der Waals surface area contributed by atoms with Gasteiger partial charge in [0.25, 0.3) is 0 Å². The van der Waals surface area contributed by atoms with E-state index in [1.807, 2.05) is 20.8 Å². The van der Waals surface area contributed by atoms with Crippen LogP contribution in [0.15, 0.2) is 4.99 Å². The maximum atomic E-state index is 11.2. The molecule has 5 nitrogen and oxygen atoms in total. The van der Waals surface area contributed by atoms with E-state index in [9.17, 15) is 4.79 Å². The normalized spacial score (nSPS) is 10.8. The third-order valence-corrected chi connectivity index (χ3v) is 1.25. The molecule has 0 rings (SSSR count). The third-order valence-electron chi connectivity index (χ3n) is 1.25. The van der Waals surface area contributed by atoms with Crippen molar-refractivity contribution in [1.29, 1.82) is 0 Å². The standard InChI is InChI=1S/C9H19N3O2/c1-9(2,3)14-7(13)5-4-6-12-8(10)11/h4-6H2,1-3H3,(H4,10,11,12). The molecule has 0 spiro atoms. The number of carbonyl (C=O) groups is 1. The first kappa shape index (κ1) is 12.7. The van der Waals surface area contributed by atoms with Gasteiger partial charge < -0.3 is 16.2 Å². The Morgan fingerprint density at radius 3 is 2.36 bits per heavy atom. The van der Waals surface area contributed by atoms with Gasteiger partial charge >= 0.3 is 5.97 Å². The average Bonchev–Trinajstić information content (AvgIpc) is 1.94. The van der Waals surface area contributed by atoms with Crippen LogP contribution in [0.5, 0.6) is 0 Å². The van der Waals surface area contributed by atoms with Crippen LogP contribution in [0.3, 0.4) is 0 Å². The second-order valence-electron chi connectivity index (χ2n) is 4.00. The van der Waals surface area contributed by atoms with Gasteiger partial charge in [-0.05, 0) is 27.2 Å². The van der Waals surface area contributed by atoms with E-state index in [1.54, 1.807) is 0 Å². The van der Waals surface area contributed by atoms with Gasteiger partial charge in [-0.3, -0.25) is 9.79 Å². The van der Waals surface area contributed by atoms with Crippen LogP contribution in [0.25, 0.3) is 0 Å². The molecule has 0 atom stereocenters. The van der Waals surface area contributed by atoms with Crippen LogP contribution >= 0.6 is 0 Å². The summed E-state index contributed by atoms with van der Waals surface area (Å²) in [7, 11) is 0. The highest BCUT2D eigenvalue weighted by molar-refractivity contribution is 5.75. The fraction of sp³-hybridized carbons (Fsp3) is 0.778. The lowest BCUT2D eigenvalue weighted by molar-refractivity contribution is -0.154. The van der Waals surface area contributed by atoms with Crippen LogP contribution in [-0.4, -0.2) is 24.1 Å². The number of esters is 1. The molecule has 0 amide bonds. The number of nitrogens with two attached hydrogens (primary N) is 2. The van der Waals surface area contributed by atoms with Crippen LogP contribution in [0, 0.1) is 0 Å². The lowest BCUT2D eigenvalue weighted by Gasteiger charge is -2.19. The molecular weight excluding hydrogens is 182 g/mol. The Kier molecular flexibility index (Phi) is 4.97. The topological polar surface area (TPSA) is 90.7 Å². The minimum Gasteiger partial charge on any atom is -0.460 e. The Morgan fingerprint density at radius 1 is 1.36 bits per heavy atom. The number of aliphatic imine (C=N–C) groups is 1. The zero-order valence-electron chi connectivity index (χ0n) is 9.04. The Bertz CT molecular complexity index is 215. The molecule has 5 heteroatoms. The monoisotopic (exact) mass is 201 g/mol. The lowest BCUT2D eigenvalue weighted by Crippen LogP contribution is -2.24. The van der Waals surface area contributed by atoms with E-state index in [2.05, 4.69) is 4.99 Å². The van der Waals surface area contributed by atoms with Gasteiger partial charge in [0.15, 0.2) is 5.96 Å². The summed E-state index contributed by atoms with van der Waals surface area (Å²) in [5.41, 5.74) is 9.82. The molecule has 0 radical (unpaired) electrons. The largest absolute Gasteiger partial charge is 0.460 e. The average molecular weight is 201 g/mol. The van der Waals surface area contributed by atoms with E-state index in [0.717, 1.165) is 0 Å². The summed E-state index contributed by atoms with van der Waals surface area (Å²) in [6, 6.07) is 0. The second-order valence-corrected chi connectivity index (χ2v) is 4.00. The van der Waals surface area contributed by atoms with Gasteiger partial charge in [-0.2, -0.15) is 0 Å². The highest BCUT2D eigenvalue weighted by Gasteiger charge is 2.15. The van der Waals surface area contributed by atoms with Crippen LogP contribution in [0.1, 0.15) is 33.6 Å². The number of hydrogen-bond acceptors (Lipinski definition) is 3. The molecule has 14 heavy (non-hydrogen) atoms. The quantitative estimate of drug-likeness (QED) is 0.298. The Hall–Kier alpha value is -1.26. The van der Waals surface area contributed by atoms with Crippen molar-refractivity contribution in [2.75, 3.05) is 6.54 Å². The van der Waals surface area contributed by atoms with Crippen molar-refractivity contribution in [2.45, 2.75) is 39.2 Å². The van der Waals surface area contributed by atoms with Gasteiger partial charge in [-0.15, -0.1) is 0 Å². The van der Waals surface area contributed by atoms with Gasteiger partial charge in [0.1, 0.15) is 5.60 Å². The van der Waals surface area contributed by atoms with E-state index in [0.29, 0.717) is 19.4 Å². The van der Waals surface area contributed by atoms with Crippen molar-refractivity contribution < 1.29 is 9.53 Å². The molecule has 0 fully saturated rings. The van der Waals surface area contributed by atoms with E-state index in [-0.39, 0.29) is 11.9 Å². The molecule has 0 aliphatic rings. The molecular formula is C9H19N3O2. The Balaban J connectivity index is 3.61. The molecule has 4 N–H and O–H groups in total. The molecule has 0 aromatic carbocycles. The third kappa shape index (κ3) is 8.83. The summed E-state index contributed by atoms with van der Waals surface area (Å²) >= 11 is 0. The minimum atomic E-state index is -0.423. The van der Waals surface area contributed by atoms with Crippen LogP contribution in [0.2, 0.25) is 0 Å². The molecule has 0 heterocycles. The minimum absolute atomic E-state index is 0.0502. The molecule has 82 valence electrons. The van der Waals surface area contributed by atoms with Crippen molar-refractivity contribution in [3.8, 4) is 0 Å². The van der Waals surface area contributed by atoms with Gasteiger partial charge in [0.2, 0.25) is 0 Å². The fourth-order valence-electron chi connectivity index (χ4n) is 0.824. The number of guanidine groups is 1. The predicted octanol–water partition coefficient (Wildman–Crippen LogP) is 0.382. The molecule has 0 bridgehead atoms. The van der Waals surface area contributed by atoms with Crippen LogP contribution in [-0.2, 0) is 9.53 Å². The molecule has 0 saturated carbocycles. The first-order valence-corrected chi connectivity index (χ1v) is 4.58. The predicted molar refractivity (Wildman–Crippen MR) is 55.8 cm³/mol. The number of hydrogen-bond donors (Lipinski definition) is 2. The van der Waals surface area contributed by atoms with Gasteiger partial charge in [0, 0.05) is 13.0 Å². The maximum absolute atomic E-state index is 11.2. The molecule has 0 unspecified atom stereocenters. The number of carbonyl (C=O) groups excluding carboxylic acids is 1. The molecule has 0 aliphatic carbocycles. The summed E-state index contributed by atoms with van der Waals surface area (Å²) in [4.78, 5) is 14.9. The van der Waals surface area contributed by atoms with E-state index in [4.69, 9.17) is 16.2 Å². The summed E-state index contributed by atoms with van der Waals surface area (Å²) in [5.74, 6) is -0.169. The van der Waals surface area contributed by atoms with Crippen molar-refractivity contribution >= 4 is 11.9 Å². The highest BCUT2D eigenvalue weighted by atomic mass is 16.6. The Morgan fingerprint density at radius 2 is 1.93 bits per heavy atom. The van der Waals surface area contributed by atoms with E-state index >= 15 is 0 Å². The lowest BCUT2D eigenvalue weighted by atomic mass is 10.2. The fourth-order valence-corrected chi connectivity index (χ4v) is 0.824. The van der Waals surface area contributed by atoms with Gasteiger partial charge in [-0.25, -0.2) is 0 Å². The summed E-state index contributed by atoms with van der Waals surface area (Å²) in [6.07, 6.45) is 0.945. The SMILES string of the molecule is CC(C)(C)OC(=O)CCCN=C(N)N. The van der Waals surface area contributed by atoms with Crippen molar-refractivity contribution in [3.05, 3.63) is 0 Å². The first-order chi connectivity index (χ1) is 6.31. The molecule has 0 aliphatic heterocycles. The smallest absolute Gasteiger partial charge is 0.306 e. The maximum Gasteiger partial charge on any atom is 0.306 e. The highest BCUT2D eigenvalue weighted by Crippen LogP contribution is 2.08. The Labute approximate surface area is 84.5 Å². The van der Waals surface area contributed by atoms with Crippen molar-refractivity contribution in [2.24, 2.45) is 16.5 Å². The molecule has 0 aromatic rings. The van der Waals surface area contributed by atoms with E-state index in [1.165, 1.54) is 0 Å². The van der Waals surface area contributed by atoms with Crippen LogP contribution in [0.4, 0.5) is 0 Å². The van der Waals surface area contributed by atoms with Crippen molar-refractivity contribution in [3.63, 3.8) is 0 Å². The molecule has 0 saturated heterocycles. The first-order valence-electron chi connectivity index (χ1n) is 4.58. The zero-order valence-corrected chi connectivity index (χ0v) is 9.04. The van der Waals surface area contributed by atoms with E-state index < -0.39 is 5.60 Å². The van der Waals surface area contributed by atoms with Crippen LogP contribution < -0.4 is 11.5 Å². The zero-order chi connectivity index (χ0) is 11.2. The number of nitrogens with zero attached hydrogens (tertiary/aromatic N) is 1. The summed E-state index contributed by atoms with van der Waals surface area (Å²) in [5, 5.41) is 0. The second kappa shape index (κ2) is 5.47. The van der Waals surface area contributed by atoms with Crippen molar-refractivity contribution in [1.82, 2.24) is 0 Å². The molecule has 0 aromatic heterocycles. The number of ether oxygens (including phenoxy) is 1. The number of rotatable bonds is 4. The van der Waals surface area contributed by atoms with Gasteiger partial charge in [0.05, 0.1) is 0 Å².